The second-order valence-electron chi connectivity index (χ2n) is 5.35. The average Bonchev–Trinajstić information content (AvgIpc) is 2.73. The minimum atomic E-state index is -0.0831. The number of carbonyl (C=O) groups excluding carboxylic acids is 1. The molecule has 1 aromatic carbocycles. The molecule has 0 aliphatic heterocycles. The van der Waals surface area contributed by atoms with Gasteiger partial charge in [0.25, 0.3) is 5.91 Å². The van der Waals surface area contributed by atoms with Crippen LogP contribution >= 0.6 is 22.6 Å². The van der Waals surface area contributed by atoms with Crippen molar-refractivity contribution in [2.75, 3.05) is 0 Å². The molecule has 19 heavy (non-hydrogen) atoms. The molecular formula is C15H20INO2. The number of benzene rings is 1. The Morgan fingerprint density at radius 1 is 1.47 bits per heavy atom. The fraction of sp³-hybridized carbons (Fsp3) is 0.533. The maximum absolute atomic E-state index is 12.2. The number of hydrogen-bond donors (Lipinski definition) is 2. The van der Waals surface area contributed by atoms with E-state index in [1.165, 1.54) is 18.9 Å². The molecule has 1 aliphatic rings. The van der Waals surface area contributed by atoms with Crippen molar-refractivity contribution in [3.8, 4) is 5.75 Å². The Morgan fingerprint density at radius 3 is 2.79 bits per heavy atom. The summed E-state index contributed by atoms with van der Waals surface area (Å²) in [6, 6.07) is 5.32. The summed E-state index contributed by atoms with van der Waals surface area (Å²) in [5.41, 5.74) is 0.532. The molecule has 0 bridgehead atoms. The number of halogens is 1. The van der Waals surface area contributed by atoms with Crippen LogP contribution in [-0.2, 0) is 0 Å². The van der Waals surface area contributed by atoms with Gasteiger partial charge in [-0.05, 0) is 65.5 Å². The smallest absolute Gasteiger partial charge is 0.251 e. The van der Waals surface area contributed by atoms with E-state index in [2.05, 4.69) is 19.2 Å². The topological polar surface area (TPSA) is 49.3 Å². The number of amides is 1. The van der Waals surface area contributed by atoms with Crippen LogP contribution in [0.4, 0.5) is 0 Å². The van der Waals surface area contributed by atoms with E-state index in [4.69, 9.17) is 0 Å². The van der Waals surface area contributed by atoms with Crippen LogP contribution < -0.4 is 5.32 Å². The SMILES string of the molecule is CCC1CCC(NC(=O)c2ccc(I)c(O)c2)C1C. The van der Waals surface area contributed by atoms with E-state index in [1.54, 1.807) is 12.1 Å². The van der Waals surface area contributed by atoms with Crippen molar-refractivity contribution in [2.45, 2.75) is 39.2 Å². The monoisotopic (exact) mass is 373 g/mol. The van der Waals surface area contributed by atoms with Crippen LogP contribution in [0.2, 0.25) is 0 Å². The van der Waals surface area contributed by atoms with E-state index in [0.717, 1.165) is 15.9 Å². The van der Waals surface area contributed by atoms with Gasteiger partial charge < -0.3 is 10.4 Å². The molecule has 0 spiro atoms. The Hall–Kier alpha value is -0.780. The van der Waals surface area contributed by atoms with Gasteiger partial charge in [-0.15, -0.1) is 0 Å². The lowest BCUT2D eigenvalue weighted by Crippen LogP contribution is -2.37. The first-order valence-electron chi connectivity index (χ1n) is 6.82. The molecule has 0 saturated heterocycles. The normalized spacial score (nSPS) is 26.4. The third-order valence-corrected chi connectivity index (χ3v) is 5.19. The Morgan fingerprint density at radius 2 is 2.21 bits per heavy atom. The van der Waals surface area contributed by atoms with Gasteiger partial charge in [0.2, 0.25) is 0 Å². The van der Waals surface area contributed by atoms with Crippen LogP contribution in [0.25, 0.3) is 0 Å². The molecule has 4 heteroatoms. The number of hydrogen-bond acceptors (Lipinski definition) is 2. The van der Waals surface area contributed by atoms with Crippen LogP contribution in [0.15, 0.2) is 18.2 Å². The molecule has 3 unspecified atom stereocenters. The molecule has 1 amide bonds. The Kier molecular flexibility index (Phi) is 4.71. The number of rotatable bonds is 3. The number of phenolic OH excluding ortho intramolecular Hbond substituents is 1. The van der Waals surface area contributed by atoms with Crippen LogP contribution in [0.5, 0.6) is 5.75 Å². The van der Waals surface area contributed by atoms with Crippen molar-refractivity contribution in [1.82, 2.24) is 5.32 Å². The van der Waals surface area contributed by atoms with Crippen LogP contribution in [0, 0.1) is 15.4 Å². The van der Waals surface area contributed by atoms with E-state index < -0.39 is 0 Å². The van der Waals surface area contributed by atoms with Crippen molar-refractivity contribution in [3.05, 3.63) is 27.3 Å². The average molecular weight is 373 g/mol. The second-order valence-corrected chi connectivity index (χ2v) is 6.51. The zero-order chi connectivity index (χ0) is 14.0. The van der Waals surface area contributed by atoms with E-state index in [1.807, 2.05) is 22.6 Å². The zero-order valence-corrected chi connectivity index (χ0v) is 13.5. The summed E-state index contributed by atoms with van der Waals surface area (Å²) >= 11 is 2.04. The fourth-order valence-electron chi connectivity index (χ4n) is 2.93. The quantitative estimate of drug-likeness (QED) is 0.797. The molecule has 1 saturated carbocycles. The van der Waals surface area contributed by atoms with Gasteiger partial charge in [0.1, 0.15) is 5.75 Å². The summed E-state index contributed by atoms with van der Waals surface area (Å²) in [7, 11) is 0. The molecule has 0 heterocycles. The van der Waals surface area contributed by atoms with Gasteiger partial charge in [0, 0.05) is 11.6 Å². The highest BCUT2D eigenvalue weighted by Crippen LogP contribution is 2.34. The lowest BCUT2D eigenvalue weighted by molar-refractivity contribution is 0.0926. The molecule has 3 nitrogen and oxygen atoms in total. The van der Waals surface area contributed by atoms with E-state index in [9.17, 15) is 9.90 Å². The molecule has 2 N–H and O–H groups in total. The van der Waals surface area contributed by atoms with Crippen molar-refractivity contribution >= 4 is 28.5 Å². The van der Waals surface area contributed by atoms with Crippen molar-refractivity contribution in [1.29, 1.82) is 0 Å². The number of carbonyl (C=O) groups is 1. The van der Waals surface area contributed by atoms with Gasteiger partial charge in [-0.25, -0.2) is 0 Å². The van der Waals surface area contributed by atoms with Gasteiger partial charge in [-0.2, -0.15) is 0 Å². The predicted molar refractivity (Wildman–Crippen MR) is 84.3 cm³/mol. The Bertz CT molecular complexity index is 475. The molecule has 1 aromatic rings. The highest BCUT2D eigenvalue weighted by atomic mass is 127. The van der Waals surface area contributed by atoms with Crippen molar-refractivity contribution < 1.29 is 9.90 Å². The van der Waals surface area contributed by atoms with Crippen molar-refractivity contribution in [3.63, 3.8) is 0 Å². The highest BCUT2D eigenvalue weighted by molar-refractivity contribution is 14.1. The molecule has 1 fully saturated rings. The minimum Gasteiger partial charge on any atom is -0.507 e. The minimum absolute atomic E-state index is 0.0831. The van der Waals surface area contributed by atoms with Crippen LogP contribution in [0.1, 0.15) is 43.5 Å². The van der Waals surface area contributed by atoms with Gasteiger partial charge in [-0.3, -0.25) is 4.79 Å². The predicted octanol–water partition coefficient (Wildman–Crippen LogP) is 3.55. The van der Waals surface area contributed by atoms with Gasteiger partial charge >= 0.3 is 0 Å². The van der Waals surface area contributed by atoms with Gasteiger partial charge in [0.05, 0.1) is 3.57 Å². The molecule has 3 atom stereocenters. The molecule has 0 radical (unpaired) electrons. The zero-order valence-electron chi connectivity index (χ0n) is 11.3. The summed E-state index contributed by atoms with van der Waals surface area (Å²) in [6.07, 6.45) is 3.43. The lowest BCUT2D eigenvalue weighted by Gasteiger charge is -2.21. The summed E-state index contributed by atoms with van der Waals surface area (Å²) in [6.45, 7) is 4.43. The molecule has 1 aliphatic carbocycles. The Balaban J connectivity index is 2.03. The number of aromatic hydroxyl groups is 1. The summed E-state index contributed by atoms with van der Waals surface area (Å²) < 4.78 is 0.759. The number of phenols is 1. The van der Waals surface area contributed by atoms with E-state index >= 15 is 0 Å². The van der Waals surface area contributed by atoms with Crippen LogP contribution in [0.3, 0.4) is 0 Å². The van der Waals surface area contributed by atoms with Crippen LogP contribution in [-0.4, -0.2) is 17.1 Å². The first-order valence-corrected chi connectivity index (χ1v) is 7.90. The van der Waals surface area contributed by atoms with Crippen molar-refractivity contribution in [2.24, 2.45) is 11.8 Å². The standard InChI is InChI=1S/C15H20INO2/c1-3-10-5-7-13(9(10)2)17-15(19)11-4-6-12(16)14(18)8-11/h4,6,8-10,13,18H,3,5,7H2,1-2H3,(H,17,19). The third-order valence-electron chi connectivity index (χ3n) is 4.28. The third kappa shape index (κ3) is 3.22. The molecule has 104 valence electrons. The number of nitrogens with one attached hydrogen (secondary N) is 1. The Labute approximate surface area is 127 Å². The summed E-state index contributed by atoms with van der Waals surface area (Å²) in [5, 5.41) is 12.8. The molecular weight excluding hydrogens is 353 g/mol. The highest BCUT2D eigenvalue weighted by Gasteiger charge is 2.32. The first-order chi connectivity index (χ1) is 9.02. The summed E-state index contributed by atoms with van der Waals surface area (Å²) in [4.78, 5) is 12.2. The fourth-order valence-corrected chi connectivity index (χ4v) is 3.27. The van der Waals surface area contributed by atoms with E-state index in [0.29, 0.717) is 11.5 Å². The van der Waals surface area contributed by atoms with Gasteiger partial charge in [-0.1, -0.05) is 20.3 Å². The molecule has 0 aromatic heterocycles. The summed E-state index contributed by atoms with van der Waals surface area (Å²) in [5.74, 6) is 1.33. The van der Waals surface area contributed by atoms with E-state index in [-0.39, 0.29) is 17.7 Å². The largest absolute Gasteiger partial charge is 0.507 e. The maximum Gasteiger partial charge on any atom is 0.251 e. The maximum atomic E-state index is 12.2. The molecule has 2 rings (SSSR count). The first kappa shape index (κ1) is 14.6. The lowest BCUT2D eigenvalue weighted by atomic mass is 9.93. The second kappa shape index (κ2) is 6.11. The van der Waals surface area contributed by atoms with Gasteiger partial charge in [0.15, 0.2) is 0 Å².